The lowest BCUT2D eigenvalue weighted by atomic mass is 10.2. The summed E-state index contributed by atoms with van der Waals surface area (Å²) < 4.78 is 1.72. The number of para-hydroxylation sites is 1. The van der Waals surface area contributed by atoms with Crippen molar-refractivity contribution in [2.75, 3.05) is 0 Å². The average molecular weight is 345 g/mol. The number of nitrogens with zero attached hydrogens (tertiary/aromatic N) is 1. The molecule has 8 heteroatoms. The number of carbonyl (C=O) groups excluding carboxylic acids is 3. The lowest BCUT2D eigenvalue weighted by molar-refractivity contribution is -0.138. The van der Waals surface area contributed by atoms with Gasteiger partial charge in [-0.25, -0.2) is 0 Å². The first kappa shape index (κ1) is 18.2. The van der Waals surface area contributed by atoms with Gasteiger partial charge in [-0.1, -0.05) is 18.2 Å². The highest BCUT2D eigenvalue weighted by Crippen LogP contribution is 2.18. The molecule has 0 aliphatic carbocycles. The molecular formula is C17H19N3O5. The Morgan fingerprint density at radius 3 is 2.52 bits per heavy atom. The van der Waals surface area contributed by atoms with E-state index in [1.54, 1.807) is 17.7 Å². The molecule has 1 unspecified atom stereocenters. The number of rotatable bonds is 7. The van der Waals surface area contributed by atoms with Crippen molar-refractivity contribution in [3.05, 3.63) is 36.0 Å². The molecule has 2 atom stereocenters. The molecule has 8 nitrogen and oxygen atoms in total. The van der Waals surface area contributed by atoms with E-state index in [1.807, 2.05) is 24.3 Å². The molecule has 1 aromatic carbocycles. The molecule has 25 heavy (non-hydrogen) atoms. The van der Waals surface area contributed by atoms with Crippen molar-refractivity contribution in [3.63, 3.8) is 0 Å². The minimum Gasteiger partial charge on any atom is -0.481 e. The zero-order valence-corrected chi connectivity index (χ0v) is 13.9. The molecule has 0 saturated carbocycles. The molecule has 132 valence electrons. The third-order valence-electron chi connectivity index (χ3n) is 3.81. The van der Waals surface area contributed by atoms with Crippen molar-refractivity contribution in [2.45, 2.75) is 25.4 Å². The number of aryl methyl sites for hydroxylation is 1. The fourth-order valence-electron chi connectivity index (χ4n) is 2.47. The standard InChI is InChI=1S/C17H19N3O5/c1-10(16(24)19-12(9-21)8-15(22)23)18-17(25)14-7-11-5-3-4-6-13(11)20(14)2/h3-7,9-10,12H,8H2,1-2H3,(H,18,25)(H,19,24)(H,22,23)/t10?,12-/m0/s1. The van der Waals surface area contributed by atoms with E-state index in [2.05, 4.69) is 10.6 Å². The second-order valence-electron chi connectivity index (χ2n) is 5.69. The lowest BCUT2D eigenvalue weighted by Gasteiger charge is -2.17. The molecule has 2 aromatic rings. The lowest BCUT2D eigenvalue weighted by Crippen LogP contribution is -2.49. The second kappa shape index (κ2) is 7.61. The van der Waals surface area contributed by atoms with Crippen LogP contribution in [0.4, 0.5) is 0 Å². The van der Waals surface area contributed by atoms with Gasteiger partial charge in [-0.15, -0.1) is 0 Å². The quantitative estimate of drug-likeness (QED) is 0.630. The summed E-state index contributed by atoms with van der Waals surface area (Å²) in [4.78, 5) is 45.9. The van der Waals surface area contributed by atoms with Crippen LogP contribution in [-0.4, -0.2) is 45.8 Å². The monoisotopic (exact) mass is 345 g/mol. The fraction of sp³-hybridized carbons (Fsp3) is 0.294. The predicted molar refractivity (Wildman–Crippen MR) is 90.1 cm³/mol. The molecule has 0 aliphatic rings. The summed E-state index contributed by atoms with van der Waals surface area (Å²) in [6.45, 7) is 1.46. The van der Waals surface area contributed by atoms with Crippen LogP contribution in [0.25, 0.3) is 10.9 Å². The Morgan fingerprint density at radius 1 is 1.24 bits per heavy atom. The topological polar surface area (TPSA) is 118 Å². The van der Waals surface area contributed by atoms with Gasteiger partial charge in [-0.2, -0.15) is 0 Å². The van der Waals surface area contributed by atoms with Crippen molar-refractivity contribution < 1.29 is 24.3 Å². The van der Waals surface area contributed by atoms with Crippen LogP contribution in [-0.2, 0) is 21.4 Å². The van der Waals surface area contributed by atoms with Crippen LogP contribution in [0.3, 0.4) is 0 Å². The van der Waals surface area contributed by atoms with E-state index in [1.165, 1.54) is 6.92 Å². The van der Waals surface area contributed by atoms with Gasteiger partial charge in [0, 0.05) is 18.0 Å². The Labute approximate surface area is 143 Å². The molecule has 2 amide bonds. The number of nitrogens with one attached hydrogen (secondary N) is 2. The summed E-state index contributed by atoms with van der Waals surface area (Å²) in [5, 5.41) is 14.4. The molecular weight excluding hydrogens is 326 g/mol. The zero-order chi connectivity index (χ0) is 18.6. The highest BCUT2D eigenvalue weighted by atomic mass is 16.4. The van der Waals surface area contributed by atoms with Gasteiger partial charge in [0.15, 0.2) is 0 Å². The number of fused-ring (bicyclic) bond motifs is 1. The van der Waals surface area contributed by atoms with Gasteiger partial charge in [-0.3, -0.25) is 14.4 Å². The summed E-state index contributed by atoms with van der Waals surface area (Å²) in [5.41, 5.74) is 1.27. The largest absolute Gasteiger partial charge is 0.481 e. The average Bonchev–Trinajstić information content (AvgIpc) is 2.91. The number of amides is 2. The maximum atomic E-state index is 12.4. The van der Waals surface area contributed by atoms with E-state index in [0.29, 0.717) is 12.0 Å². The third kappa shape index (κ3) is 4.23. The van der Waals surface area contributed by atoms with Crippen LogP contribution < -0.4 is 10.6 Å². The second-order valence-corrected chi connectivity index (χ2v) is 5.69. The fourth-order valence-corrected chi connectivity index (χ4v) is 2.47. The molecule has 2 rings (SSSR count). The van der Waals surface area contributed by atoms with Gasteiger partial charge >= 0.3 is 5.97 Å². The Balaban J connectivity index is 2.05. The number of aldehydes is 1. The molecule has 3 N–H and O–H groups in total. The maximum absolute atomic E-state index is 12.4. The third-order valence-corrected chi connectivity index (χ3v) is 3.81. The summed E-state index contributed by atoms with van der Waals surface area (Å²) in [6, 6.07) is 7.13. The SMILES string of the molecule is CC(NC(=O)c1cc2ccccc2n1C)C(=O)N[C@H](C=O)CC(=O)O. The number of aliphatic carboxylic acids is 1. The Kier molecular flexibility index (Phi) is 5.53. The summed E-state index contributed by atoms with van der Waals surface area (Å²) in [6.07, 6.45) is -0.163. The predicted octanol–water partition coefficient (Wildman–Crippen LogP) is 0.455. The molecule has 1 aromatic heterocycles. The number of aromatic nitrogens is 1. The summed E-state index contributed by atoms with van der Waals surface area (Å²) in [5.74, 6) is -2.28. The molecule has 1 heterocycles. The number of hydrogen-bond acceptors (Lipinski definition) is 4. The molecule has 0 radical (unpaired) electrons. The van der Waals surface area contributed by atoms with Crippen LogP contribution in [0.2, 0.25) is 0 Å². The molecule has 0 spiro atoms. The first-order valence-corrected chi connectivity index (χ1v) is 7.66. The Hall–Kier alpha value is -3.16. The summed E-state index contributed by atoms with van der Waals surface area (Å²) >= 11 is 0. The number of hydrogen-bond donors (Lipinski definition) is 3. The van der Waals surface area contributed by atoms with Crippen molar-refractivity contribution in [3.8, 4) is 0 Å². The zero-order valence-electron chi connectivity index (χ0n) is 13.9. The first-order chi connectivity index (χ1) is 11.8. The number of carbonyl (C=O) groups is 4. The van der Waals surface area contributed by atoms with E-state index in [0.717, 1.165) is 10.9 Å². The van der Waals surface area contributed by atoms with Crippen LogP contribution in [0.15, 0.2) is 30.3 Å². The van der Waals surface area contributed by atoms with Crippen molar-refractivity contribution in [2.24, 2.45) is 7.05 Å². The maximum Gasteiger partial charge on any atom is 0.305 e. The van der Waals surface area contributed by atoms with Gasteiger partial charge in [-0.05, 0) is 19.1 Å². The number of carboxylic acids is 1. The van der Waals surface area contributed by atoms with Crippen molar-refractivity contribution in [1.82, 2.24) is 15.2 Å². The van der Waals surface area contributed by atoms with E-state index in [-0.39, 0.29) is 0 Å². The van der Waals surface area contributed by atoms with Gasteiger partial charge in [0.2, 0.25) is 5.91 Å². The van der Waals surface area contributed by atoms with Crippen LogP contribution in [0.5, 0.6) is 0 Å². The molecule has 0 saturated heterocycles. The number of carboxylic acid groups (broad SMARTS) is 1. The Bertz CT molecular complexity index is 827. The Morgan fingerprint density at radius 2 is 1.92 bits per heavy atom. The van der Waals surface area contributed by atoms with Crippen LogP contribution in [0.1, 0.15) is 23.8 Å². The highest BCUT2D eigenvalue weighted by Gasteiger charge is 2.22. The minimum atomic E-state index is -1.20. The van der Waals surface area contributed by atoms with Gasteiger partial charge in [0.05, 0.1) is 12.5 Å². The van der Waals surface area contributed by atoms with Gasteiger partial charge in [0.25, 0.3) is 5.91 Å². The van der Waals surface area contributed by atoms with Crippen LogP contribution in [0, 0.1) is 0 Å². The van der Waals surface area contributed by atoms with Gasteiger partial charge < -0.3 is 25.1 Å². The van der Waals surface area contributed by atoms with Crippen molar-refractivity contribution >= 4 is 35.0 Å². The van der Waals surface area contributed by atoms with E-state index >= 15 is 0 Å². The molecule has 0 bridgehead atoms. The molecule has 0 aliphatic heterocycles. The van der Waals surface area contributed by atoms with E-state index in [4.69, 9.17) is 5.11 Å². The minimum absolute atomic E-state index is 0.352. The van der Waals surface area contributed by atoms with Crippen LogP contribution >= 0.6 is 0 Å². The van der Waals surface area contributed by atoms with E-state index < -0.39 is 36.3 Å². The normalized spacial score (nSPS) is 13.0. The van der Waals surface area contributed by atoms with Crippen molar-refractivity contribution in [1.29, 1.82) is 0 Å². The number of benzene rings is 1. The highest BCUT2D eigenvalue weighted by molar-refractivity contribution is 6.00. The van der Waals surface area contributed by atoms with E-state index in [9.17, 15) is 19.2 Å². The smallest absolute Gasteiger partial charge is 0.305 e. The van der Waals surface area contributed by atoms with Gasteiger partial charge in [0.1, 0.15) is 18.0 Å². The first-order valence-electron chi connectivity index (χ1n) is 7.66. The molecule has 0 fully saturated rings. The summed E-state index contributed by atoms with van der Waals surface area (Å²) in [7, 11) is 1.75.